The van der Waals surface area contributed by atoms with Gasteiger partial charge in [-0.1, -0.05) is 0 Å². The number of nitrogens with two attached hydrogens (primary N) is 1. The predicted octanol–water partition coefficient (Wildman–Crippen LogP) is 0.0267. The number of nitrogens with zero attached hydrogens (tertiary/aromatic N) is 1. The fourth-order valence-corrected chi connectivity index (χ4v) is 0.756. The Morgan fingerprint density at radius 3 is 3.00 bits per heavy atom. The molecule has 0 aliphatic carbocycles. The van der Waals surface area contributed by atoms with E-state index in [2.05, 4.69) is 10.3 Å². The van der Waals surface area contributed by atoms with Gasteiger partial charge in [-0.05, 0) is 0 Å². The van der Waals surface area contributed by atoms with E-state index < -0.39 is 0 Å². The molecular weight excluding hydrogens is 285 g/mol. The van der Waals surface area contributed by atoms with Crippen molar-refractivity contribution in [1.29, 1.82) is 0 Å². The molecular formula is C7H14IN3O2. The minimum Gasteiger partial charge on any atom is -0.494 e. The summed E-state index contributed by atoms with van der Waals surface area (Å²) < 4.78 is 10.3. The molecule has 0 fully saturated rings. The Morgan fingerprint density at radius 1 is 1.69 bits per heavy atom. The van der Waals surface area contributed by atoms with Gasteiger partial charge in [0.2, 0.25) is 0 Å². The van der Waals surface area contributed by atoms with Crippen molar-refractivity contribution < 1.29 is 9.47 Å². The largest absolute Gasteiger partial charge is 0.494 e. The standard InChI is InChI=1S/C7H13N3O2.HI/c1-9-7(8)10-4-6-5-11-2-3-12-6;/h5H,2-4H2,1H3,(H3,8,9,10);1H. The Hall–Kier alpha value is -0.660. The van der Waals surface area contributed by atoms with E-state index in [1.165, 1.54) is 0 Å². The molecule has 1 aliphatic rings. The summed E-state index contributed by atoms with van der Waals surface area (Å²) in [4.78, 5) is 3.73. The van der Waals surface area contributed by atoms with Gasteiger partial charge in [0.15, 0.2) is 5.96 Å². The SMILES string of the molecule is CN=C(N)NCC1=COCCO1.I. The molecule has 0 radical (unpaired) electrons. The molecule has 1 rings (SSSR count). The van der Waals surface area contributed by atoms with Gasteiger partial charge in [0, 0.05) is 7.05 Å². The van der Waals surface area contributed by atoms with Gasteiger partial charge >= 0.3 is 0 Å². The summed E-state index contributed by atoms with van der Waals surface area (Å²) in [6.45, 7) is 1.72. The van der Waals surface area contributed by atoms with Crippen LogP contribution in [0.2, 0.25) is 0 Å². The number of ether oxygens (including phenoxy) is 2. The molecule has 3 N–H and O–H groups in total. The zero-order valence-electron chi connectivity index (χ0n) is 7.45. The first-order valence-electron chi connectivity index (χ1n) is 3.72. The third-order valence-corrected chi connectivity index (χ3v) is 1.39. The molecule has 0 atom stereocenters. The number of nitrogens with one attached hydrogen (secondary N) is 1. The van der Waals surface area contributed by atoms with Crippen molar-refractivity contribution in [3.05, 3.63) is 12.0 Å². The summed E-state index contributed by atoms with van der Waals surface area (Å²) in [5.74, 6) is 1.14. The van der Waals surface area contributed by atoms with Crippen LogP contribution in [0.4, 0.5) is 0 Å². The highest BCUT2D eigenvalue weighted by Gasteiger charge is 2.04. The number of hydrogen-bond donors (Lipinski definition) is 2. The minimum absolute atomic E-state index is 0. The summed E-state index contributed by atoms with van der Waals surface area (Å²) in [6, 6.07) is 0. The number of hydrogen-bond acceptors (Lipinski definition) is 3. The maximum absolute atomic E-state index is 5.41. The van der Waals surface area contributed by atoms with Crippen LogP contribution in [0.3, 0.4) is 0 Å². The van der Waals surface area contributed by atoms with Crippen molar-refractivity contribution in [1.82, 2.24) is 5.32 Å². The molecule has 0 aromatic heterocycles. The lowest BCUT2D eigenvalue weighted by Crippen LogP contribution is -2.33. The van der Waals surface area contributed by atoms with Crippen LogP contribution in [0.15, 0.2) is 17.0 Å². The molecule has 0 unspecified atom stereocenters. The molecule has 5 nitrogen and oxygen atoms in total. The molecule has 0 saturated heterocycles. The van der Waals surface area contributed by atoms with Crippen LogP contribution < -0.4 is 11.1 Å². The van der Waals surface area contributed by atoms with Crippen molar-refractivity contribution in [3.63, 3.8) is 0 Å². The smallest absolute Gasteiger partial charge is 0.188 e. The summed E-state index contributed by atoms with van der Waals surface area (Å²) >= 11 is 0. The summed E-state index contributed by atoms with van der Waals surface area (Å²) in [5.41, 5.74) is 5.41. The van der Waals surface area contributed by atoms with Crippen molar-refractivity contribution >= 4 is 29.9 Å². The van der Waals surface area contributed by atoms with Crippen LogP contribution in [0.25, 0.3) is 0 Å². The van der Waals surface area contributed by atoms with Crippen molar-refractivity contribution in [2.75, 3.05) is 26.8 Å². The average molecular weight is 299 g/mol. The molecule has 0 saturated carbocycles. The van der Waals surface area contributed by atoms with Crippen molar-refractivity contribution in [2.45, 2.75) is 0 Å². The van der Waals surface area contributed by atoms with E-state index in [9.17, 15) is 0 Å². The maximum Gasteiger partial charge on any atom is 0.188 e. The van der Waals surface area contributed by atoms with E-state index in [0.717, 1.165) is 5.76 Å². The fourth-order valence-electron chi connectivity index (χ4n) is 0.756. The number of rotatable bonds is 2. The lowest BCUT2D eigenvalue weighted by Gasteiger charge is -2.15. The Balaban J connectivity index is 0.00000144. The first-order valence-corrected chi connectivity index (χ1v) is 3.72. The first-order chi connectivity index (χ1) is 5.83. The van der Waals surface area contributed by atoms with E-state index in [4.69, 9.17) is 15.2 Å². The molecule has 0 aromatic rings. The van der Waals surface area contributed by atoms with Gasteiger partial charge in [-0.25, -0.2) is 0 Å². The minimum atomic E-state index is 0. The Labute approximate surface area is 94.4 Å². The molecule has 76 valence electrons. The lowest BCUT2D eigenvalue weighted by molar-refractivity contribution is 0.0823. The third-order valence-electron chi connectivity index (χ3n) is 1.39. The highest BCUT2D eigenvalue weighted by molar-refractivity contribution is 14.0. The van der Waals surface area contributed by atoms with Crippen LogP contribution in [0, 0.1) is 0 Å². The van der Waals surface area contributed by atoms with Gasteiger partial charge < -0.3 is 20.5 Å². The first kappa shape index (κ1) is 12.3. The predicted molar refractivity (Wildman–Crippen MR) is 61.0 cm³/mol. The molecule has 1 heterocycles. The van der Waals surface area contributed by atoms with Crippen LogP contribution in [0.1, 0.15) is 0 Å². The fraction of sp³-hybridized carbons (Fsp3) is 0.571. The van der Waals surface area contributed by atoms with Crippen molar-refractivity contribution in [2.24, 2.45) is 10.7 Å². The van der Waals surface area contributed by atoms with Crippen LogP contribution in [0.5, 0.6) is 0 Å². The molecule has 13 heavy (non-hydrogen) atoms. The Kier molecular flexibility index (Phi) is 6.47. The second kappa shape index (κ2) is 6.81. The van der Waals surface area contributed by atoms with Gasteiger partial charge in [-0.3, -0.25) is 4.99 Å². The highest BCUT2D eigenvalue weighted by Crippen LogP contribution is 2.01. The Morgan fingerprint density at radius 2 is 2.46 bits per heavy atom. The average Bonchev–Trinajstić information content (AvgIpc) is 2.16. The van der Waals surface area contributed by atoms with Gasteiger partial charge in [0.05, 0.1) is 6.54 Å². The van der Waals surface area contributed by atoms with E-state index in [1.807, 2.05) is 0 Å². The topological polar surface area (TPSA) is 68.9 Å². The van der Waals surface area contributed by atoms with Gasteiger partial charge in [0.1, 0.15) is 25.2 Å². The number of guanidine groups is 1. The molecule has 0 aromatic carbocycles. The van der Waals surface area contributed by atoms with Crippen LogP contribution >= 0.6 is 24.0 Å². The van der Waals surface area contributed by atoms with Crippen molar-refractivity contribution in [3.8, 4) is 0 Å². The molecule has 1 aliphatic heterocycles. The van der Waals surface area contributed by atoms with E-state index in [1.54, 1.807) is 13.3 Å². The summed E-state index contributed by atoms with van der Waals surface area (Å²) in [6.07, 6.45) is 1.58. The monoisotopic (exact) mass is 299 g/mol. The normalized spacial score (nSPS) is 16.1. The third kappa shape index (κ3) is 4.81. The second-order valence-electron chi connectivity index (χ2n) is 2.27. The molecule has 6 heteroatoms. The second-order valence-corrected chi connectivity index (χ2v) is 2.27. The molecule has 0 bridgehead atoms. The quantitative estimate of drug-likeness (QED) is 0.429. The van der Waals surface area contributed by atoms with Crippen LogP contribution in [-0.2, 0) is 9.47 Å². The van der Waals surface area contributed by atoms with E-state index >= 15 is 0 Å². The number of aliphatic imine (C=N–C) groups is 1. The van der Waals surface area contributed by atoms with Gasteiger partial charge in [-0.15, -0.1) is 24.0 Å². The zero-order valence-corrected chi connectivity index (χ0v) is 9.78. The van der Waals surface area contributed by atoms with E-state index in [-0.39, 0.29) is 24.0 Å². The van der Waals surface area contributed by atoms with Crippen LogP contribution in [-0.4, -0.2) is 32.8 Å². The summed E-state index contributed by atoms with van der Waals surface area (Å²) in [7, 11) is 1.62. The number of halogens is 1. The molecule has 0 spiro atoms. The van der Waals surface area contributed by atoms with Gasteiger partial charge in [0.25, 0.3) is 0 Å². The van der Waals surface area contributed by atoms with E-state index in [0.29, 0.717) is 25.7 Å². The maximum atomic E-state index is 5.41. The highest BCUT2D eigenvalue weighted by atomic mass is 127. The molecule has 0 amide bonds. The van der Waals surface area contributed by atoms with Gasteiger partial charge in [-0.2, -0.15) is 0 Å². The summed E-state index contributed by atoms with van der Waals surface area (Å²) in [5, 5.41) is 2.86. The Bertz CT molecular complexity index is 206. The lowest BCUT2D eigenvalue weighted by atomic mass is 10.5. The zero-order chi connectivity index (χ0) is 8.81.